The molecule has 3 N–H and O–H groups in total. The van der Waals surface area contributed by atoms with Gasteiger partial charge in [-0.1, -0.05) is 5.16 Å². The quantitative estimate of drug-likeness (QED) is 0.647. The maximum Gasteiger partial charge on any atom is 0.256 e. The highest BCUT2D eigenvalue weighted by molar-refractivity contribution is 5.94. The fraction of sp³-hybridized carbons (Fsp3) is 0.500. The molecule has 0 radical (unpaired) electrons. The number of hydrogen-bond acceptors (Lipinski definition) is 4. The summed E-state index contributed by atoms with van der Waals surface area (Å²) < 4.78 is 4.76. The molecule has 72 valence electrons. The number of nitrogens with zero attached hydrogens (tertiary/aromatic N) is 1. The lowest BCUT2D eigenvalue weighted by Gasteiger charge is -2.01. The average Bonchev–Trinajstić information content (AvgIpc) is 2.52. The number of aromatic nitrogens is 1. The standard InChI is InChI=1S/C8H13N3O2/c1-6-7(5-11-13-6)8(12)10-4-2-3-9/h5H,2-4,9H2,1H3,(H,10,12). The van der Waals surface area contributed by atoms with Gasteiger partial charge in [0.15, 0.2) is 0 Å². The number of amides is 1. The molecule has 5 heteroatoms. The van der Waals surface area contributed by atoms with Crippen molar-refractivity contribution in [3.8, 4) is 0 Å². The minimum atomic E-state index is -0.160. The third-order valence-corrected chi connectivity index (χ3v) is 1.66. The van der Waals surface area contributed by atoms with E-state index in [0.717, 1.165) is 6.42 Å². The van der Waals surface area contributed by atoms with E-state index in [1.165, 1.54) is 6.20 Å². The molecule has 0 saturated carbocycles. The second kappa shape index (κ2) is 4.61. The summed E-state index contributed by atoms with van der Waals surface area (Å²) >= 11 is 0. The normalized spacial score (nSPS) is 10.0. The maximum atomic E-state index is 11.3. The van der Waals surface area contributed by atoms with E-state index in [4.69, 9.17) is 10.3 Å². The molecule has 5 nitrogen and oxygen atoms in total. The largest absolute Gasteiger partial charge is 0.361 e. The summed E-state index contributed by atoms with van der Waals surface area (Å²) in [5.74, 6) is 0.373. The number of nitrogens with two attached hydrogens (primary N) is 1. The Balaban J connectivity index is 2.45. The highest BCUT2D eigenvalue weighted by Gasteiger charge is 2.11. The first-order valence-electron chi connectivity index (χ1n) is 4.15. The fourth-order valence-electron chi connectivity index (χ4n) is 0.916. The second-order valence-corrected chi connectivity index (χ2v) is 2.69. The summed E-state index contributed by atoms with van der Waals surface area (Å²) in [6.45, 7) is 2.85. The summed E-state index contributed by atoms with van der Waals surface area (Å²) in [6, 6.07) is 0. The smallest absolute Gasteiger partial charge is 0.256 e. The van der Waals surface area contributed by atoms with Gasteiger partial charge < -0.3 is 15.6 Å². The molecule has 0 unspecified atom stereocenters. The molecule has 1 amide bonds. The van der Waals surface area contributed by atoms with E-state index >= 15 is 0 Å². The second-order valence-electron chi connectivity index (χ2n) is 2.69. The van der Waals surface area contributed by atoms with Gasteiger partial charge in [0, 0.05) is 6.54 Å². The lowest BCUT2D eigenvalue weighted by atomic mass is 10.2. The molecule has 0 aliphatic rings. The van der Waals surface area contributed by atoms with Crippen LogP contribution in [-0.4, -0.2) is 24.2 Å². The van der Waals surface area contributed by atoms with Crippen LogP contribution in [0.5, 0.6) is 0 Å². The van der Waals surface area contributed by atoms with E-state index in [-0.39, 0.29) is 5.91 Å². The Kier molecular flexibility index (Phi) is 3.45. The fourth-order valence-corrected chi connectivity index (χ4v) is 0.916. The van der Waals surface area contributed by atoms with Crippen LogP contribution in [0.3, 0.4) is 0 Å². The van der Waals surface area contributed by atoms with Crippen molar-refractivity contribution in [3.63, 3.8) is 0 Å². The molecule has 1 aromatic heterocycles. The summed E-state index contributed by atoms with van der Waals surface area (Å²) in [4.78, 5) is 11.3. The van der Waals surface area contributed by atoms with Crippen LogP contribution >= 0.6 is 0 Å². The monoisotopic (exact) mass is 183 g/mol. The van der Waals surface area contributed by atoms with Crippen molar-refractivity contribution in [1.29, 1.82) is 0 Å². The van der Waals surface area contributed by atoms with Crippen molar-refractivity contribution >= 4 is 5.91 Å². The van der Waals surface area contributed by atoms with E-state index in [0.29, 0.717) is 24.4 Å². The predicted octanol–water partition coefficient (Wildman–Crippen LogP) is 0.0616. The molecule has 0 aliphatic heterocycles. The topological polar surface area (TPSA) is 81.2 Å². The average molecular weight is 183 g/mol. The van der Waals surface area contributed by atoms with E-state index in [2.05, 4.69) is 10.5 Å². The number of rotatable bonds is 4. The van der Waals surface area contributed by atoms with Gasteiger partial charge in [0.25, 0.3) is 5.91 Å². The molecule has 1 heterocycles. The van der Waals surface area contributed by atoms with Crippen molar-refractivity contribution in [2.45, 2.75) is 13.3 Å². The highest BCUT2D eigenvalue weighted by atomic mass is 16.5. The van der Waals surface area contributed by atoms with E-state index < -0.39 is 0 Å². The number of carbonyl (C=O) groups excluding carboxylic acids is 1. The third-order valence-electron chi connectivity index (χ3n) is 1.66. The zero-order valence-electron chi connectivity index (χ0n) is 7.54. The molecule has 1 aromatic rings. The zero-order valence-corrected chi connectivity index (χ0v) is 7.54. The minimum Gasteiger partial charge on any atom is -0.361 e. The zero-order chi connectivity index (χ0) is 9.68. The van der Waals surface area contributed by atoms with Crippen LogP contribution in [0.1, 0.15) is 22.5 Å². The van der Waals surface area contributed by atoms with Gasteiger partial charge in [-0.25, -0.2) is 0 Å². The molecule has 0 spiro atoms. The van der Waals surface area contributed by atoms with E-state index in [1.807, 2.05) is 0 Å². The Morgan fingerprint density at radius 1 is 1.77 bits per heavy atom. The van der Waals surface area contributed by atoms with Gasteiger partial charge in [0.05, 0.1) is 6.20 Å². The number of aryl methyl sites for hydroxylation is 1. The number of carbonyl (C=O) groups is 1. The number of nitrogens with one attached hydrogen (secondary N) is 1. The van der Waals surface area contributed by atoms with Crippen LogP contribution < -0.4 is 11.1 Å². The van der Waals surface area contributed by atoms with Gasteiger partial charge in [-0.2, -0.15) is 0 Å². The molecule has 0 aliphatic carbocycles. The lowest BCUT2D eigenvalue weighted by molar-refractivity contribution is 0.0952. The maximum absolute atomic E-state index is 11.3. The molecule has 13 heavy (non-hydrogen) atoms. The van der Waals surface area contributed by atoms with Gasteiger partial charge >= 0.3 is 0 Å². The van der Waals surface area contributed by atoms with Gasteiger partial charge in [0.2, 0.25) is 0 Å². The minimum absolute atomic E-state index is 0.160. The Labute approximate surface area is 76.3 Å². The summed E-state index contributed by atoms with van der Waals surface area (Å²) in [6.07, 6.45) is 2.18. The first-order valence-corrected chi connectivity index (χ1v) is 4.15. The van der Waals surface area contributed by atoms with Crippen LogP contribution in [0.2, 0.25) is 0 Å². The van der Waals surface area contributed by atoms with Crippen molar-refractivity contribution in [3.05, 3.63) is 17.5 Å². The lowest BCUT2D eigenvalue weighted by Crippen LogP contribution is -2.26. The Hall–Kier alpha value is -1.36. The van der Waals surface area contributed by atoms with Crippen LogP contribution in [0.4, 0.5) is 0 Å². The number of hydrogen-bond donors (Lipinski definition) is 2. The molecule has 0 saturated heterocycles. The van der Waals surface area contributed by atoms with Crippen molar-refractivity contribution in [2.75, 3.05) is 13.1 Å². The molecular formula is C8H13N3O2. The van der Waals surface area contributed by atoms with Gasteiger partial charge in [-0.15, -0.1) is 0 Å². The Morgan fingerprint density at radius 2 is 2.54 bits per heavy atom. The third kappa shape index (κ3) is 2.55. The van der Waals surface area contributed by atoms with Crippen LogP contribution in [0.25, 0.3) is 0 Å². The molecule has 0 atom stereocenters. The summed E-state index contributed by atoms with van der Waals surface area (Å²) in [7, 11) is 0. The van der Waals surface area contributed by atoms with Crippen LogP contribution in [-0.2, 0) is 0 Å². The van der Waals surface area contributed by atoms with Crippen molar-refractivity contribution < 1.29 is 9.32 Å². The summed E-state index contributed by atoms with van der Waals surface area (Å²) in [5.41, 5.74) is 5.76. The Bertz CT molecular complexity index is 283. The van der Waals surface area contributed by atoms with Crippen molar-refractivity contribution in [2.24, 2.45) is 5.73 Å². The van der Waals surface area contributed by atoms with Crippen LogP contribution in [0, 0.1) is 6.92 Å². The Morgan fingerprint density at radius 3 is 3.08 bits per heavy atom. The first kappa shape index (κ1) is 9.73. The summed E-state index contributed by atoms with van der Waals surface area (Å²) in [5, 5.41) is 6.22. The molecular weight excluding hydrogens is 170 g/mol. The molecule has 1 rings (SSSR count). The van der Waals surface area contributed by atoms with Crippen molar-refractivity contribution in [1.82, 2.24) is 10.5 Å². The van der Waals surface area contributed by atoms with E-state index in [9.17, 15) is 4.79 Å². The predicted molar refractivity (Wildman–Crippen MR) is 47.2 cm³/mol. The molecule has 0 bridgehead atoms. The van der Waals surface area contributed by atoms with Gasteiger partial charge in [0.1, 0.15) is 11.3 Å². The first-order chi connectivity index (χ1) is 6.25. The van der Waals surface area contributed by atoms with Gasteiger partial charge in [-0.05, 0) is 19.9 Å². The van der Waals surface area contributed by atoms with Crippen LogP contribution in [0.15, 0.2) is 10.7 Å². The molecule has 0 fully saturated rings. The van der Waals surface area contributed by atoms with E-state index in [1.54, 1.807) is 6.92 Å². The SMILES string of the molecule is Cc1oncc1C(=O)NCCCN. The molecule has 0 aromatic carbocycles. The van der Waals surface area contributed by atoms with Gasteiger partial charge in [-0.3, -0.25) is 4.79 Å². The highest BCUT2D eigenvalue weighted by Crippen LogP contribution is 2.04.